The van der Waals surface area contributed by atoms with Crippen LogP contribution >= 0.6 is 0 Å². The monoisotopic (exact) mass is 330 g/mol. The van der Waals surface area contributed by atoms with E-state index in [0.29, 0.717) is 12.8 Å². The predicted octanol–water partition coefficient (Wildman–Crippen LogP) is 2.47. The third kappa shape index (κ3) is 5.14. The van der Waals surface area contributed by atoms with Gasteiger partial charge in [-0.25, -0.2) is 13.2 Å². The summed E-state index contributed by atoms with van der Waals surface area (Å²) in [5.41, 5.74) is 0.469. The van der Waals surface area contributed by atoms with Gasteiger partial charge in [-0.2, -0.15) is 0 Å². The van der Waals surface area contributed by atoms with Crippen LogP contribution in [0.15, 0.2) is 0 Å². The molecule has 1 saturated heterocycles. The van der Waals surface area contributed by atoms with Gasteiger partial charge in [-0.1, -0.05) is 27.7 Å². The fourth-order valence-electron chi connectivity index (χ4n) is 4.39. The Morgan fingerprint density at radius 1 is 0.909 bits per heavy atom. The molecular formula is C16H30N2O3S. The highest BCUT2D eigenvalue weighted by Crippen LogP contribution is 2.45. The molecule has 0 aromatic rings. The average Bonchev–Trinajstić information content (AvgIpc) is 2.27. The molecule has 0 unspecified atom stereocenters. The number of amides is 2. The highest BCUT2D eigenvalue weighted by molar-refractivity contribution is 7.91. The van der Waals surface area contributed by atoms with E-state index in [0.717, 1.165) is 12.8 Å². The zero-order valence-corrected chi connectivity index (χ0v) is 15.1. The van der Waals surface area contributed by atoms with Crippen molar-refractivity contribution in [1.29, 1.82) is 0 Å². The quantitative estimate of drug-likeness (QED) is 0.816. The van der Waals surface area contributed by atoms with Crippen molar-refractivity contribution in [3.05, 3.63) is 0 Å². The van der Waals surface area contributed by atoms with Crippen molar-refractivity contribution in [2.24, 2.45) is 10.8 Å². The number of hydrogen-bond donors (Lipinski definition) is 2. The molecule has 6 heteroatoms. The molecule has 2 amide bonds. The Morgan fingerprint density at radius 3 is 1.86 bits per heavy atom. The molecule has 2 fully saturated rings. The first-order chi connectivity index (χ1) is 9.96. The van der Waals surface area contributed by atoms with Crippen molar-refractivity contribution in [1.82, 2.24) is 10.6 Å². The van der Waals surface area contributed by atoms with E-state index in [1.807, 2.05) is 0 Å². The minimum atomic E-state index is -2.88. The molecule has 5 nitrogen and oxygen atoms in total. The summed E-state index contributed by atoms with van der Waals surface area (Å²) < 4.78 is 22.8. The molecular weight excluding hydrogens is 300 g/mol. The van der Waals surface area contributed by atoms with Gasteiger partial charge in [0, 0.05) is 12.1 Å². The molecule has 0 aromatic heterocycles. The highest BCUT2D eigenvalue weighted by atomic mass is 32.2. The molecule has 2 N–H and O–H groups in total. The SMILES string of the molecule is CC1(C)CC(NC(=O)NC2CCS(=O)(=O)CC2)CC(C)(C)C1. The molecule has 128 valence electrons. The number of carbonyl (C=O) groups is 1. The molecule has 0 spiro atoms. The first-order valence-electron chi connectivity index (χ1n) is 8.24. The third-order valence-electron chi connectivity index (χ3n) is 4.78. The van der Waals surface area contributed by atoms with Gasteiger partial charge in [0.15, 0.2) is 0 Å². The van der Waals surface area contributed by atoms with Crippen molar-refractivity contribution in [2.75, 3.05) is 11.5 Å². The van der Waals surface area contributed by atoms with Crippen LogP contribution < -0.4 is 10.6 Å². The summed E-state index contributed by atoms with van der Waals surface area (Å²) in [6, 6.07) is 0.0157. The van der Waals surface area contributed by atoms with Crippen LogP contribution in [0.2, 0.25) is 0 Å². The van der Waals surface area contributed by atoms with E-state index >= 15 is 0 Å². The van der Waals surface area contributed by atoms with Gasteiger partial charge in [0.2, 0.25) is 0 Å². The lowest BCUT2D eigenvalue weighted by atomic mass is 9.63. The van der Waals surface area contributed by atoms with Crippen LogP contribution in [0.3, 0.4) is 0 Å². The van der Waals surface area contributed by atoms with Crippen molar-refractivity contribution in [3.8, 4) is 0 Å². The molecule has 1 heterocycles. The lowest BCUT2D eigenvalue weighted by Crippen LogP contribution is -2.52. The molecule has 0 bridgehead atoms. The summed E-state index contributed by atoms with van der Waals surface area (Å²) in [5.74, 6) is 0.364. The number of rotatable bonds is 2. The maximum Gasteiger partial charge on any atom is 0.315 e. The number of hydrogen-bond acceptors (Lipinski definition) is 3. The van der Waals surface area contributed by atoms with Gasteiger partial charge in [0.25, 0.3) is 0 Å². The van der Waals surface area contributed by atoms with Crippen LogP contribution in [0.5, 0.6) is 0 Å². The molecule has 1 aliphatic carbocycles. The Kier molecular flexibility index (Phi) is 4.81. The van der Waals surface area contributed by atoms with Gasteiger partial charge >= 0.3 is 6.03 Å². The summed E-state index contributed by atoms with van der Waals surface area (Å²) >= 11 is 0. The zero-order chi connectivity index (χ0) is 16.6. The summed E-state index contributed by atoms with van der Waals surface area (Å²) in [7, 11) is -2.88. The molecule has 1 saturated carbocycles. The van der Waals surface area contributed by atoms with Gasteiger partial charge in [0.05, 0.1) is 11.5 Å². The lowest BCUT2D eigenvalue weighted by molar-refractivity contribution is 0.0880. The number of urea groups is 1. The predicted molar refractivity (Wildman–Crippen MR) is 88.5 cm³/mol. The minimum Gasteiger partial charge on any atom is -0.335 e. The first kappa shape index (κ1) is 17.6. The molecule has 0 radical (unpaired) electrons. The van der Waals surface area contributed by atoms with Crippen LogP contribution in [0, 0.1) is 10.8 Å². The zero-order valence-electron chi connectivity index (χ0n) is 14.2. The summed E-state index contributed by atoms with van der Waals surface area (Å²) in [4.78, 5) is 12.2. The van der Waals surface area contributed by atoms with Crippen LogP contribution in [0.25, 0.3) is 0 Å². The molecule has 1 aliphatic heterocycles. The fourth-order valence-corrected chi connectivity index (χ4v) is 5.89. The van der Waals surface area contributed by atoms with Crippen molar-refractivity contribution < 1.29 is 13.2 Å². The van der Waals surface area contributed by atoms with Crippen molar-refractivity contribution in [3.63, 3.8) is 0 Å². The normalized spacial score (nSPS) is 28.0. The first-order valence-corrected chi connectivity index (χ1v) is 10.1. The maximum atomic E-state index is 12.2. The highest BCUT2D eigenvalue weighted by Gasteiger charge is 2.39. The second-order valence-electron chi connectivity index (χ2n) is 8.65. The van der Waals surface area contributed by atoms with Gasteiger partial charge in [-0.3, -0.25) is 0 Å². The van der Waals surface area contributed by atoms with E-state index in [4.69, 9.17) is 0 Å². The van der Waals surface area contributed by atoms with E-state index in [9.17, 15) is 13.2 Å². The Labute approximate surface area is 134 Å². The molecule has 0 aromatic carbocycles. The molecule has 2 rings (SSSR count). The van der Waals surface area contributed by atoms with E-state index < -0.39 is 9.84 Å². The minimum absolute atomic E-state index is 0.0202. The molecule has 22 heavy (non-hydrogen) atoms. The Morgan fingerprint density at radius 2 is 1.36 bits per heavy atom. The summed E-state index contributed by atoms with van der Waals surface area (Å²) in [5, 5.41) is 6.04. The molecule has 2 aliphatic rings. The maximum absolute atomic E-state index is 12.2. The molecule has 0 atom stereocenters. The smallest absolute Gasteiger partial charge is 0.315 e. The topological polar surface area (TPSA) is 75.3 Å². The van der Waals surface area contributed by atoms with Gasteiger partial charge in [0.1, 0.15) is 9.84 Å². The lowest BCUT2D eigenvalue weighted by Gasteiger charge is -2.45. The van der Waals surface area contributed by atoms with Crippen LogP contribution in [-0.2, 0) is 9.84 Å². The van der Waals surface area contributed by atoms with E-state index in [-0.39, 0.29) is 40.5 Å². The standard InChI is InChI=1S/C16H30N2O3S/c1-15(2)9-13(10-16(3,4)11-15)18-14(19)17-12-5-7-22(20,21)8-6-12/h12-13H,5-11H2,1-4H3,(H2,17,18,19). The number of nitrogens with one attached hydrogen (secondary N) is 2. The third-order valence-corrected chi connectivity index (χ3v) is 6.50. The largest absolute Gasteiger partial charge is 0.335 e. The van der Waals surface area contributed by atoms with E-state index in [1.54, 1.807) is 0 Å². The second-order valence-corrected chi connectivity index (χ2v) is 11.0. The van der Waals surface area contributed by atoms with Crippen molar-refractivity contribution >= 4 is 15.9 Å². The summed E-state index contributed by atoms with van der Waals surface area (Å²) in [6.45, 7) is 9.03. The van der Waals surface area contributed by atoms with E-state index in [1.165, 1.54) is 6.42 Å². The fraction of sp³-hybridized carbons (Fsp3) is 0.938. The van der Waals surface area contributed by atoms with E-state index in [2.05, 4.69) is 38.3 Å². The Balaban J connectivity index is 1.84. The van der Waals surface area contributed by atoms with Crippen LogP contribution in [0.4, 0.5) is 4.79 Å². The average molecular weight is 330 g/mol. The van der Waals surface area contributed by atoms with Crippen molar-refractivity contribution in [2.45, 2.75) is 71.9 Å². The van der Waals surface area contributed by atoms with Gasteiger partial charge in [-0.05, 0) is 42.9 Å². The Bertz CT molecular complexity index is 496. The van der Waals surface area contributed by atoms with Gasteiger partial charge in [-0.15, -0.1) is 0 Å². The second kappa shape index (κ2) is 6.02. The number of sulfone groups is 1. The van der Waals surface area contributed by atoms with Crippen LogP contribution in [0.1, 0.15) is 59.8 Å². The summed E-state index contributed by atoms with van der Waals surface area (Å²) in [6.07, 6.45) is 4.20. The van der Waals surface area contributed by atoms with Crippen LogP contribution in [-0.4, -0.2) is 38.0 Å². The number of carbonyl (C=O) groups excluding carboxylic acids is 1. The Hall–Kier alpha value is -0.780. The van der Waals surface area contributed by atoms with Gasteiger partial charge < -0.3 is 10.6 Å².